The number of hydrogen-bond donors (Lipinski definition) is 1. The molecule has 1 aliphatic heterocycles. The molecule has 3 rings (SSSR count). The molecule has 1 atom stereocenters. The number of aryl methyl sites for hydroxylation is 1. The maximum absolute atomic E-state index is 12.7. The van der Waals surface area contributed by atoms with Gasteiger partial charge in [-0.1, -0.05) is 41.4 Å². The van der Waals surface area contributed by atoms with Crippen LogP contribution in [0.5, 0.6) is 5.75 Å². The van der Waals surface area contributed by atoms with Crippen LogP contribution in [-0.2, 0) is 16.1 Å². The zero-order chi connectivity index (χ0) is 17.3. The summed E-state index contributed by atoms with van der Waals surface area (Å²) in [6.07, 6.45) is -1.42. The molecule has 6 heteroatoms. The number of carboxylic acids is 1. The van der Waals surface area contributed by atoms with Gasteiger partial charge in [-0.05, 0) is 30.7 Å². The lowest BCUT2D eigenvalue weighted by Crippen LogP contribution is -2.46. The average molecular weight is 346 g/mol. The Hall–Kier alpha value is -2.53. The molecule has 0 saturated carbocycles. The lowest BCUT2D eigenvalue weighted by atomic mass is 10.1. The highest BCUT2D eigenvalue weighted by molar-refractivity contribution is 6.31. The fourth-order valence-corrected chi connectivity index (χ4v) is 2.79. The number of benzene rings is 2. The summed E-state index contributed by atoms with van der Waals surface area (Å²) in [5.74, 6) is -1.01. The topological polar surface area (TPSA) is 66.8 Å². The van der Waals surface area contributed by atoms with Gasteiger partial charge in [-0.3, -0.25) is 9.59 Å². The summed E-state index contributed by atoms with van der Waals surface area (Å²) in [7, 11) is 0. The van der Waals surface area contributed by atoms with Crippen LogP contribution in [0.1, 0.15) is 17.5 Å². The molecule has 1 aliphatic rings. The number of carboxylic acid groups (broad SMARTS) is 1. The third kappa shape index (κ3) is 3.36. The predicted octanol–water partition coefficient (Wildman–Crippen LogP) is 3.42. The Morgan fingerprint density at radius 1 is 1.25 bits per heavy atom. The van der Waals surface area contributed by atoms with Crippen molar-refractivity contribution in [3.63, 3.8) is 0 Å². The molecule has 0 aliphatic carbocycles. The molecular formula is C18H16ClNO4. The normalized spacial score (nSPS) is 16.5. The SMILES string of the molecule is Cc1ccc(CN2C(=O)C(CC(=O)O)Oc3ccc(Cl)cc32)cc1. The van der Waals surface area contributed by atoms with Crippen LogP contribution in [0.3, 0.4) is 0 Å². The van der Waals surface area contributed by atoms with Gasteiger partial charge in [0.1, 0.15) is 5.75 Å². The van der Waals surface area contributed by atoms with Crippen LogP contribution in [0.25, 0.3) is 0 Å². The predicted molar refractivity (Wildman–Crippen MR) is 90.5 cm³/mol. The van der Waals surface area contributed by atoms with E-state index in [2.05, 4.69) is 0 Å². The van der Waals surface area contributed by atoms with Gasteiger partial charge in [0.15, 0.2) is 6.10 Å². The summed E-state index contributed by atoms with van der Waals surface area (Å²) in [4.78, 5) is 25.2. The van der Waals surface area contributed by atoms with Crippen LogP contribution in [0.2, 0.25) is 5.02 Å². The molecule has 24 heavy (non-hydrogen) atoms. The number of aliphatic carboxylic acids is 1. The first-order chi connectivity index (χ1) is 11.4. The van der Waals surface area contributed by atoms with E-state index in [1.165, 1.54) is 4.90 Å². The van der Waals surface area contributed by atoms with Gasteiger partial charge in [-0.25, -0.2) is 0 Å². The van der Waals surface area contributed by atoms with E-state index in [1.54, 1.807) is 18.2 Å². The van der Waals surface area contributed by atoms with Crippen molar-refractivity contribution in [1.29, 1.82) is 0 Å². The molecule has 1 unspecified atom stereocenters. The molecule has 124 valence electrons. The van der Waals surface area contributed by atoms with Crippen molar-refractivity contribution < 1.29 is 19.4 Å². The highest BCUT2D eigenvalue weighted by Crippen LogP contribution is 2.37. The molecule has 1 heterocycles. The Kier molecular flexibility index (Phi) is 4.44. The van der Waals surface area contributed by atoms with Crippen LogP contribution in [0.4, 0.5) is 5.69 Å². The van der Waals surface area contributed by atoms with Crippen molar-refractivity contribution in [2.24, 2.45) is 0 Å². The number of ether oxygens (including phenoxy) is 1. The van der Waals surface area contributed by atoms with Crippen molar-refractivity contribution in [2.45, 2.75) is 26.0 Å². The first kappa shape index (κ1) is 16.3. The molecular weight excluding hydrogens is 330 g/mol. The van der Waals surface area contributed by atoms with E-state index in [4.69, 9.17) is 21.4 Å². The maximum atomic E-state index is 12.7. The van der Waals surface area contributed by atoms with Crippen LogP contribution in [0.15, 0.2) is 42.5 Å². The molecule has 0 saturated heterocycles. The van der Waals surface area contributed by atoms with E-state index in [-0.39, 0.29) is 12.3 Å². The summed E-state index contributed by atoms with van der Waals surface area (Å²) >= 11 is 6.05. The Morgan fingerprint density at radius 2 is 1.96 bits per heavy atom. The van der Waals surface area contributed by atoms with E-state index < -0.39 is 12.1 Å². The summed E-state index contributed by atoms with van der Waals surface area (Å²) in [5.41, 5.74) is 2.62. The Labute approximate surface area is 144 Å². The first-order valence-corrected chi connectivity index (χ1v) is 7.87. The van der Waals surface area contributed by atoms with Crippen molar-refractivity contribution in [3.8, 4) is 5.75 Å². The van der Waals surface area contributed by atoms with Crippen molar-refractivity contribution in [1.82, 2.24) is 0 Å². The highest BCUT2D eigenvalue weighted by Gasteiger charge is 2.36. The number of amides is 1. The molecule has 5 nitrogen and oxygen atoms in total. The standard InChI is InChI=1S/C18H16ClNO4/c1-11-2-4-12(5-3-11)10-20-14-8-13(19)6-7-15(14)24-16(18(20)23)9-17(21)22/h2-8,16H,9-10H2,1H3,(H,21,22). The molecule has 2 aromatic carbocycles. The minimum atomic E-state index is -1.08. The van der Waals surface area contributed by atoms with Gasteiger partial charge in [0.05, 0.1) is 18.7 Å². The number of carbonyl (C=O) groups is 2. The van der Waals surface area contributed by atoms with Gasteiger partial charge >= 0.3 is 5.97 Å². The first-order valence-electron chi connectivity index (χ1n) is 7.49. The molecule has 0 aromatic heterocycles. The number of hydrogen-bond acceptors (Lipinski definition) is 3. The summed E-state index contributed by atoms with van der Waals surface area (Å²) < 4.78 is 5.57. The summed E-state index contributed by atoms with van der Waals surface area (Å²) in [5, 5.41) is 9.49. The van der Waals surface area contributed by atoms with E-state index in [9.17, 15) is 9.59 Å². The molecule has 2 aromatic rings. The molecule has 0 fully saturated rings. The van der Waals surface area contributed by atoms with Gasteiger partial charge < -0.3 is 14.7 Å². The minimum Gasteiger partial charge on any atom is -0.481 e. The average Bonchev–Trinajstić information content (AvgIpc) is 2.53. The fourth-order valence-electron chi connectivity index (χ4n) is 2.62. The van der Waals surface area contributed by atoms with Gasteiger partial charge in [-0.15, -0.1) is 0 Å². The van der Waals surface area contributed by atoms with E-state index in [0.29, 0.717) is 23.0 Å². The number of rotatable bonds is 4. The van der Waals surface area contributed by atoms with Crippen LogP contribution in [-0.4, -0.2) is 23.1 Å². The van der Waals surface area contributed by atoms with E-state index in [1.807, 2.05) is 31.2 Å². The smallest absolute Gasteiger partial charge is 0.307 e. The zero-order valence-corrected chi connectivity index (χ0v) is 13.8. The third-order valence-corrected chi connectivity index (χ3v) is 4.08. The Bertz CT molecular complexity index is 788. The number of nitrogens with zero attached hydrogens (tertiary/aromatic N) is 1. The summed E-state index contributed by atoms with van der Waals surface area (Å²) in [6.45, 7) is 2.31. The van der Waals surface area contributed by atoms with Crippen molar-refractivity contribution in [2.75, 3.05) is 4.90 Å². The number of anilines is 1. The van der Waals surface area contributed by atoms with Gasteiger partial charge in [0, 0.05) is 5.02 Å². The van der Waals surface area contributed by atoms with Crippen molar-refractivity contribution in [3.05, 3.63) is 58.6 Å². The zero-order valence-electron chi connectivity index (χ0n) is 13.0. The monoisotopic (exact) mass is 345 g/mol. The second-order valence-electron chi connectivity index (χ2n) is 5.73. The molecule has 0 spiro atoms. The van der Waals surface area contributed by atoms with Gasteiger partial charge in [0.2, 0.25) is 0 Å². The molecule has 0 bridgehead atoms. The molecule has 0 radical (unpaired) electrons. The largest absolute Gasteiger partial charge is 0.481 e. The molecule has 1 N–H and O–H groups in total. The summed E-state index contributed by atoms with van der Waals surface area (Å²) in [6, 6.07) is 12.8. The lowest BCUT2D eigenvalue weighted by Gasteiger charge is -2.34. The molecule has 1 amide bonds. The third-order valence-electron chi connectivity index (χ3n) is 3.84. The van der Waals surface area contributed by atoms with E-state index >= 15 is 0 Å². The maximum Gasteiger partial charge on any atom is 0.307 e. The Balaban J connectivity index is 1.97. The van der Waals surface area contributed by atoms with E-state index in [0.717, 1.165) is 11.1 Å². The van der Waals surface area contributed by atoms with Gasteiger partial charge in [-0.2, -0.15) is 0 Å². The Morgan fingerprint density at radius 3 is 2.62 bits per heavy atom. The van der Waals surface area contributed by atoms with Crippen LogP contribution in [0, 0.1) is 6.92 Å². The lowest BCUT2D eigenvalue weighted by molar-refractivity contribution is -0.142. The van der Waals surface area contributed by atoms with Crippen molar-refractivity contribution >= 4 is 29.2 Å². The van der Waals surface area contributed by atoms with Crippen LogP contribution >= 0.6 is 11.6 Å². The second-order valence-corrected chi connectivity index (χ2v) is 6.16. The second kappa shape index (κ2) is 6.53. The highest BCUT2D eigenvalue weighted by atomic mass is 35.5. The van der Waals surface area contributed by atoms with Crippen LogP contribution < -0.4 is 9.64 Å². The number of halogens is 1. The quantitative estimate of drug-likeness (QED) is 0.922. The van der Waals surface area contributed by atoms with Gasteiger partial charge in [0.25, 0.3) is 5.91 Å². The number of fused-ring (bicyclic) bond motifs is 1. The number of carbonyl (C=O) groups excluding carboxylic acids is 1. The fraction of sp³-hybridized carbons (Fsp3) is 0.222. The minimum absolute atomic E-state index is 0.325.